The second kappa shape index (κ2) is 12.2. The highest BCUT2D eigenvalue weighted by Gasteiger charge is 2.21. The van der Waals surface area contributed by atoms with Crippen molar-refractivity contribution in [3.63, 3.8) is 0 Å². The smallest absolute Gasteiger partial charge is 0.365 e. The van der Waals surface area contributed by atoms with Gasteiger partial charge >= 0.3 is 5.97 Å². The summed E-state index contributed by atoms with van der Waals surface area (Å²) in [5.74, 6) is 1.20. The maximum absolute atomic E-state index is 12.7. The number of benzene rings is 4. The molecule has 1 saturated heterocycles. The topological polar surface area (TPSA) is 109 Å². The predicted molar refractivity (Wildman–Crippen MR) is 179 cm³/mol. The van der Waals surface area contributed by atoms with E-state index < -0.39 is 5.97 Å². The summed E-state index contributed by atoms with van der Waals surface area (Å²) < 4.78 is 13.4. The second-order valence-corrected chi connectivity index (χ2v) is 12.2. The van der Waals surface area contributed by atoms with E-state index in [0.29, 0.717) is 16.6 Å². The van der Waals surface area contributed by atoms with Crippen molar-refractivity contribution >= 4 is 39.0 Å². The van der Waals surface area contributed by atoms with Crippen LogP contribution in [0.25, 0.3) is 37.8 Å². The summed E-state index contributed by atoms with van der Waals surface area (Å²) in [6, 6.07) is 30.7. The number of ether oxygens (including phenoxy) is 2. The molecule has 0 aliphatic carbocycles. The van der Waals surface area contributed by atoms with Crippen LogP contribution in [0, 0.1) is 0 Å². The lowest BCUT2D eigenvalue weighted by molar-refractivity contribution is 0.0409. The largest absolute Gasteiger partial charge is 0.497 e. The number of imidazole rings is 1. The molecule has 1 aliphatic heterocycles. The monoisotopic (exact) mass is 643 g/mol. The lowest BCUT2D eigenvalue weighted by Gasteiger charge is -2.33. The first-order valence-corrected chi connectivity index (χ1v) is 16.1. The Morgan fingerprint density at radius 1 is 0.851 bits per heavy atom. The van der Waals surface area contributed by atoms with Gasteiger partial charge in [-0.1, -0.05) is 40.4 Å². The van der Waals surface area contributed by atoms with Crippen molar-refractivity contribution in [2.75, 3.05) is 25.1 Å². The molecule has 0 unspecified atom stereocenters. The maximum Gasteiger partial charge on any atom is 0.365 e. The minimum absolute atomic E-state index is 0.186. The zero-order valence-electron chi connectivity index (χ0n) is 25.4. The third kappa shape index (κ3) is 5.86. The Bertz CT molecular complexity index is 2130. The Labute approximate surface area is 273 Å². The molecule has 3 aromatic heterocycles. The van der Waals surface area contributed by atoms with Crippen LogP contribution < -0.4 is 19.2 Å². The average molecular weight is 644 g/mol. The summed E-state index contributed by atoms with van der Waals surface area (Å²) in [5.41, 5.74) is 5.50. The Balaban J connectivity index is 0.880. The lowest BCUT2D eigenvalue weighted by atomic mass is 10.1. The second-order valence-electron chi connectivity index (χ2n) is 11.2. The molecule has 0 bridgehead atoms. The van der Waals surface area contributed by atoms with Gasteiger partial charge in [-0.15, -0.1) is 5.10 Å². The van der Waals surface area contributed by atoms with Crippen molar-refractivity contribution in [1.29, 1.82) is 0 Å². The number of aromatic nitrogens is 6. The standard InChI is InChI=1S/C35H29N7O4S/c1-44-27-16-12-26(13-17-27)40-20-18-29(19-21-40)45-28-14-10-24(11-15-28)33-38-41-22-31(36-35(41)47-33)23-6-8-25(9-7-23)34(43)46-42-32-5-3-2-4-30(32)37-39-42/h2-17,22,29H,18-21H2,1H3. The van der Waals surface area contributed by atoms with Crippen LogP contribution in [0.2, 0.25) is 0 Å². The molecule has 0 amide bonds. The Kier molecular flexibility index (Phi) is 7.46. The van der Waals surface area contributed by atoms with Crippen molar-refractivity contribution < 1.29 is 19.1 Å². The summed E-state index contributed by atoms with van der Waals surface area (Å²) in [4.78, 5) is 27.2. The van der Waals surface area contributed by atoms with E-state index in [9.17, 15) is 4.79 Å². The first kappa shape index (κ1) is 28.7. The fraction of sp³-hybridized carbons (Fsp3) is 0.171. The number of hydrogen-bond acceptors (Lipinski definition) is 10. The van der Waals surface area contributed by atoms with E-state index in [1.165, 1.54) is 17.0 Å². The van der Waals surface area contributed by atoms with Gasteiger partial charge < -0.3 is 19.2 Å². The number of para-hydroxylation sites is 1. The Hall–Kier alpha value is -5.75. The Morgan fingerprint density at radius 2 is 1.57 bits per heavy atom. The molecule has 4 aromatic carbocycles. The van der Waals surface area contributed by atoms with Crippen LogP contribution in [0.3, 0.4) is 0 Å². The third-order valence-electron chi connectivity index (χ3n) is 8.23. The molecule has 0 spiro atoms. The van der Waals surface area contributed by atoms with Gasteiger partial charge in [-0.2, -0.15) is 5.10 Å². The van der Waals surface area contributed by atoms with Gasteiger partial charge in [0.05, 0.1) is 24.6 Å². The van der Waals surface area contributed by atoms with Gasteiger partial charge in [0.1, 0.15) is 33.6 Å². The SMILES string of the molecule is COc1ccc(N2CCC(Oc3ccc(-c4nn5cc(-c6ccc(C(=O)On7nnc8ccccc87)cc6)nc5s4)cc3)CC2)cc1. The maximum atomic E-state index is 12.7. The first-order chi connectivity index (χ1) is 23.1. The fourth-order valence-electron chi connectivity index (χ4n) is 5.67. The van der Waals surface area contributed by atoms with Gasteiger partial charge in [-0.25, -0.2) is 14.3 Å². The summed E-state index contributed by atoms with van der Waals surface area (Å²) in [6.45, 7) is 1.91. The van der Waals surface area contributed by atoms with Crippen molar-refractivity contribution in [2.24, 2.45) is 0 Å². The molecular weight excluding hydrogens is 614 g/mol. The van der Waals surface area contributed by atoms with Crippen molar-refractivity contribution in [3.8, 4) is 33.3 Å². The third-order valence-corrected chi connectivity index (χ3v) is 9.21. The molecule has 1 fully saturated rings. The zero-order chi connectivity index (χ0) is 31.7. The summed E-state index contributed by atoms with van der Waals surface area (Å²) in [7, 11) is 1.69. The summed E-state index contributed by atoms with van der Waals surface area (Å²) in [6.07, 6.45) is 4.01. The molecule has 1 aliphatic rings. The molecule has 4 heterocycles. The highest BCUT2D eigenvalue weighted by atomic mass is 32.1. The molecule has 234 valence electrons. The molecule has 8 rings (SSSR count). The van der Waals surface area contributed by atoms with Crippen LogP contribution in [-0.2, 0) is 0 Å². The number of hydrogen-bond donors (Lipinski definition) is 0. The van der Waals surface area contributed by atoms with E-state index in [1.54, 1.807) is 35.9 Å². The number of nitrogens with zero attached hydrogens (tertiary/aromatic N) is 7. The average Bonchev–Trinajstić information content (AvgIpc) is 3.83. The highest BCUT2D eigenvalue weighted by Crippen LogP contribution is 2.31. The molecule has 0 N–H and O–H groups in total. The zero-order valence-corrected chi connectivity index (χ0v) is 26.2. The van der Waals surface area contributed by atoms with E-state index >= 15 is 0 Å². The van der Waals surface area contributed by atoms with Crippen LogP contribution >= 0.6 is 11.3 Å². The van der Waals surface area contributed by atoms with Gasteiger partial charge in [0.15, 0.2) is 0 Å². The molecule has 7 aromatic rings. The molecule has 47 heavy (non-hydrogen) atoms. The quantitative estimate of drug-likeness (QED) is 0.179. The van der Waals surface area contributed by atoms with Crippen LogP contribution in [0.5, 0.6) is 11.5 Å². The van der Waals surface area contributed by atoms with Crippen LogP contribution in [0.1, 0.15) is 23.2 Å². The van der Waals surface area contributed by atoms with Gasteiger partial charge in [-0.3, -0.25) is 0 Å². The van der Waals surface area contributed by atoms with Crippen molar-refractivity contribution in [2.45, 2.75) is 18.9 Å². The predicted octanol–water partition coefficient (Wildman–Crippen LogP) is 6.19. The fourth-order valence-corrected chi connectivity index (χ4v) is 6.56. The summed E-state index contributed by atoms with van der Waals surface area (Å²) in [5, 5.41) is 13.6. The molecule has 0 saturated carbocycles. The molecule has 0 atom stereocenters. The first-order valence-electron chi connectivity index (χ1n) is 15.3. The lowest BCUT2D eigenvalue weighted by Crippen LogP contribution is -2.38. The van der Waals surface area contributed by atoms with E-state index in [4.69, 9.17) is 24.4 Å². The molecule has 12 heteroatoms. The van der Waals surface area contributed by atoms with Crippen molar-refractivity contribution in [1.82, 2.24) is 29.8 Å². The minimum atomic E-state index is -0.532. The van der Waals surface area contributed by atoms with Gasteiger partial charge in [0.2, 0.25) is 4.96 Å². The summed E-state index contributed by atoms with van der Waals surface area (Å²) >= 11 is 1.52. The van der Waals surface area contributed by atoms with Gasteiger partial charge in [0.25, 0.3) is 0 Å². The van der Waals surface area contributed by atoms with E-state index in [2.05, 4.69) is 27.3 Å². The van der Waals surface area contributed by atoms with Crippen molar-refractivity contribution in [3.05, 3.63) is 109 Å². The van der Waals surface area contributed by atoms with Gasteiger partial charge in [-0.05, 0) is 78.0 Å². The van der Waals surface area contributed by atoms with Gasteiger partial charge in [0, 0.05) is 42.7 Å². The number of fused-ring (bicyclic) bond motifs is 2. The number of carbonyl (C=O) groups excluding carboxylic acids is 1. The van der Waals surface area contributed by atoms with E-state index in [1.807, 2.05) is 66.9 Å². The van der Waals surface area contributed by atoms with Crippen LogP contribution in [0.4, 0.5) is 5.69 Å². The normalized spacial score (nSPS) is 13.7. The number of methoxy groups -OCH3 is 1. The van der Waals surface area contributed by atoms with Crippen LogP contribution in [0.15, 0.2) is 103 Å². The van der Waals surface area contributed by atoms with E-state index in [-0.39, 0.29) is 6.10 Å². The van der Waals surface area contributed by atoms with Crippen LogP contribution in [-0.4, -0.2) is 62.0 Å². The molecular formula is C35H29N7O4S. The molecule has 11 nitrogen and oxygen atoms in total. The van der Waals surface area contributed by atoms with E-state index in [0.717, 1.165) is 69.1 Å². The number of anilines is 1. The highest BCUT2D eigenvalue weighted by molar-refractivity contribution is 7.19. The number of rotatable bonds is 8. The number of piperidine rings is 1. The minimum Gasteiger partial charge on any atom is -0.497 e. The molecule has 0 radical (unpaired) electrons. The number of carbonyl (C=O) groups is 1. The Morgan fingerprint density at radius 3 is 2.32 bits per heavy atom.